The van der Waals surface area contributed by atoms with Gasteiger partial charge in [-0.15, -0.1) is 0 Å². The molecule has 4 N–H and O–H groups in total. The average Bonchev–Trinajstić information content (AvgIpc) is 2.01. The third kappa shape index (κ3) is 4.80. The molecule has 0 bridgehead atoms. The quantitative estimate of drug-likeness (QED) is 0.567. The number of hydrogen-bond acceptors (Lipinski definition) is 3. The zero-order valence-electron chi connectivity index (χ0n) is 7.49. The SMILES string of the molecule is C[C@H](Br)C(=O)N[C@@H](CC(N)=O)C(=O)O. The third-order valence-electron chi connectivity index (χ3n) is 1.38. The van der Waals surface area contributed by atoms with Crippen LogP contribution >= 0.6 is 15.9 Å². The van der Waals surface area contributed by atoms with Gasteiger partial charge in [0.15, 0.2) is 0 Å². The molecule has 0 unspecified atom stereocenters. The number of primary amides is 1. The van der Waals surface area contributed by atoms with Crippen molar-refractivity contribution in [1.29, 1.82) is 0 Å². The van der Waals surface area contributed by atoms with Crippen LogP contribution in [-0.2, 0) is 14.4 Å². The van der Waals surface area contributed by atoms with E-state index in [0.717, 1.165) is 0 Å². The maximum absolute atomic E-state index is 11.1. The van der Waals surface area contributed by atoms with Gasteiger partial charge in [0.25, 0.3) is 0 Å². The summed E-state index contributed by atoms with van der Waals surface area (Å²) in [5.74, 6) is -2.57. The fourth-order valence-corrected chi connectivity index (χ4v) is 0.820. The highest BCUT2D eigenvalue weighted by molar-refractivity contribution is 9.10. The van der Waals surface area contributed by atoms with E-state index < -0.39 is 35.1 Å². The molecule has 0 aromatic heterocycles. The Labute approximate surface area is 89.0 Å². The first kappa shape index (κ1) is 12.9. The number of hydrogen-bond donors (Lipinski definition) is 3. The van der Waals surface area contributed by atoms with E-state index in [0.29, 0.717) is 0 Å². The number of carboxylic acids is 1. The highest BCUT2D eigenvalue weighted by atomic mass is 79.9. The topological polar surface area (TPSA) is 109 Å². The van der Waals surface area contributed by atoms with Crippen LogP contribution in [0.1, 0.15) is 13.3 Å². The van der Waals surface area contributed by atoms with Gasteiger partial charge < -0.3 is 16.2 Å². The van der Waals surface area contributed by atoms with Gasteiger partial charge in [-0.25, -0.2) is 4.79 Å². The lowest BCUT2D eigenvalue weighted by Crippen LogP contribution is -2.45. The van der Waals surface area contributed by atoms with Gasteiger partial charge in [0.05, 0.1) is 11.2 Å². The third-order valence-corrected chi connectivity index (χ3v) is 1.80. The van der Waals surface area contributed by atoms with E-state index in [4.69, 9.17) is 10.8 Å². The summed E-state index contributed by atoms with van der Waals surface area (Å²) in [6.45, 7) is 1.54. The van der Waals surface area contributed by atoms with Gasteiger partial charge in [-0.2, -0.15) is 0 Å². The van der Waals surface area contributed by atoms with Crippen molar-refractivity contribution >= 4 is 33.7 Å². The van der Waals surface area contributed by atoms with E-state index >= 15 is 0 Å². The second-order valence-electron chi connectivity index (χ2n) is 2.69. The number of carbonyl (C=O) groups is 3. The van der Waals surface area contributed by atoms with Crippen molar-refractivity contribution in [3.05, 3.63) is 0 Å². The number of rotatable bonds is 5. The second-order valence-corrected chi connectivity index (χ2v) is 4.06. The molecule has 14 heavy (non-hydrogen) atoms. The van der Waals surface area contributed by atoms with Crippen LogP contribution in [0.2, 0.25) is 0 Å². The summed E-state index contributed by atoms with van der Waals surface area (Å²) in [7, 11) is 0. The van der Waals surface area contributed by atoms with Gasteiger partial charge in [0, 0.05) is 0 Å². The molecule has 0 aliphatic heterocycles. The Bertz CT molecular complexity index is 254. The molecule has 0 rings (SSSR count). The molecule has 6 nitrogen and oxygen atoms in total. The number of aliphatic carboxylic acids is 1. The molecular weight excluding hydrogens is 256 g/mol. The molecule has 0 aromatic carbocycles. The predicted molar refractivity (Wildman–Crippen MR) is 51.8 cm³/mol. The van der Waals surface area contributed by atoms with Gasteiger partial charge in [-0.1, -0.05) is 15.9 Å². The normalized spacial score (nSPS) is 14.1. The molecule has 2 amide bonds. The smallest absolute Gasteiger partial charge is 0.326 e. The van der Waals surface area contributed by atoms with E-state index in [-0.39, 0.29) is 0 Å². The Morgan fingerprint density at radius 1 is 1.50 bits per heavy atom. The number of carboxylic acid groups (broad SMARTS) is 1. The van der Waals surface area contributed by atoms with Crippen molar-refractivity contribution < 1.29 is 19.5 Å². The highest BCUT2D eigenvalue weighted by Crippen LogP contribution is 1.99. The minimum atomic E-state index is -1.29. The Morgan fingerprint density at radius 2 is 2.00 bits per heavy atom. The highest BCUT2D eigenvalue weighted by Gasteiger charge is 2.23. The second kappa shape index (κ2) is 5.58. The summed E-state index contributed by atoms with van der Waals surface area (Å²) in [5, 5.41) is 10.8. The molecule has 0 aliphatic rings. The van der Waals surface area contributed by atoms with Gasteiger partial charge in [0.1, 0.15) is 6.04 Å². The van der Waals surface area contributed by atoms with Crippen LogP contribution in [0.25, 0.3) is 0 Å². The van der Waals surface area contributed by atoms with Gasteiger partial charge in [-0.05, 0) is 6.92 Å². The first-order chi connectivity index (χ1) is 6.34. The Morgan fingerprint density at radius 3 is 2.29 bits per heavy atom. The average molecular weight is 267 g/mol. The van der Waals surface area contributed by atoms with Crippen LogP contribution in [-0.4, -0.2) is 33.8 Å². The minimum absolute atomic E-state index is 0.416. The molecule has 0 heterocycles. The molecule has 0 fully saturated rings. The Balaban J connectivity index is 4.31. The van der Waals surface area contributed by atoms with Crippen molar-refractivity contribution in [2.75, 3.05) is 0 Å². The van der Waals surface area contributed by atoms with Crippen molar-refractivity contribution in [1.82, 2.24) is 5.32 Å². The molecule has 7 heteroatoms. The first-order valence-corrected chi connectivity index (χ1v) is 4.71. The lowest BCUT2D eigenvalue weighted by Gasteiger charge is -2.13. The molecule has 0 saturated carbocycles. The summed E-state index contributed by atoms with van der Waals surface area (Å²) in [6, 6.07) is -1.26. The summed E-state index contributed by atoms with van der Waals surface area (Å²) in [5.41, 5.74) is 4.82. The molecule has 0 aromatic rings. The van der Waals surface area contributed by atoms with Gasteiger partial charge >= 0.3 is 5.97 Å². The van der Waals surface area contributed by atoms with E-state index in [1.54, 1.807) is 6.92 Å². The van der Waals surface area contributed by atoms with Crippen molar-refractivity contribution in [2.24, 2.45) is 5.73 Å². The van der Waals surface area contributed by atoms with E-state index in [1.165, 1.54) is 0 Å². The van der Waals surface area contributed by atoms with E-state index in [1.807, 2.05) is 0 Å². The van der Waals surface area contributed by atoms with Crippen molar-refractivity contribution in [3.63, 3.8) is 0 Å². The number of halogens is 1. The van der Waals surface area contributed by atoms with E-state index in [9.17, 15) is 14.4 Å². The Kier molecular flexibility index (Phi) is 5.14. The summed E-state index contributed by atoms with van der Waals surface area (Å²) >= 11 is 2.96. The number of nitrogens with two attached hydrogens (primary N) is 1. The first-order valence-electron chi connectivity index (χ1n) is 3.80. The molecule has 0 radical (unpaired) electrons. The van der Waals surface area contributed by atoms with E-state index in [2.05, 4.69) is 21.2 Å². The number of alkyl halides is 1. The van der Waals surface area contributed by atoms with Gasteiger partial charge in [-0.3, -0.25) is 9.59 Å². The van der Waals surface area contributed by atoms with Crippen LogP contribution in [0.15, 0.2) is 0 Å². The summed E-state index contributed by atoms with van der Waals surface area (Å²) in [4.78, 5) is 31.6. The fraction of sp³-hybridized carbons (Fsp3) is 0.571. The molecule has 0 saturated heterocycles. The van der Waals surface area contributed by atoms with Crippen LogP contribution < -0.4 is 11.1 Å². The number of carbonyl (C=O) groups excluding carboxylic acids is 2. The predicted octanol–water partition coefficient (Wildman–Crippen LogP) is -0.785. The maximum Gasteiger partial charge on any atom is 0.326 e. The zero-order valence-corrected chi connectivity index (χ0v) is 9.08. The molecule has 80 valence electrons. The van der Waals surface area contributed by atoms with Crippen LogP contribution in [0.5, 0.6) is 0 Å². The van der Waals surface area contributed by atoms with Gasteiger partial charge in [0.2, 0.25) is 11.8 Å². The van der Waals surface area contributed by atoms with Crippen molar-refractivity contribution in [2.45, 2.75) is 24.2 Å². The lowest BCUT2D eigenvalue weighted by atomic mass is 10.2. The maximum atomic E-state index is 11.1. The molecule has 2 atom stereocenters. The summed E-state index contributed by atoms with van der Waals surface area (Å²) < 4.78 is 0. The molecule has 0 aliphatic carbocycles. The van der Waals surface area contributed by atoms with Crippen LogP contribution in [0.4, 0.5) is 0 Å². The standard InChI is InChI=1S/C7H11BrN2O4/c1-3(8)6(12)10-4(7(13)14)2-5(9)11/h3-4H,2H2,1H3,(H2,9,11)(H,10,12)(H,13,14)/t3-,4-/m0/s1. The zero-order chi connectivity index (χ0) is 11.3. The number of amides is 2. The van der Waals surface area contributed by atoms with Crippen molar-refractivity contribution in [3.8, 4) is 0 Å². The lowest BCUT2D eigenvalue weighted by molar-refractivity contribution is -0.143. The minimum Gasteiger partial charge on any atom is -0.480 e. The fourth-order valence-electron chi connectivity index (χ4n) is 0.688. The summed E-state index contributed by atoms with van der Waals surface area (Å²) in [6.07, 6.45) is -0.416. The Hall–Kier alpha value is -1.11. The largest absolute Gasteiger partial charge is 0.480 e. The van der Waals surface area contributed by atoms with Crippen LogP contribution in [0.3, 0.4) is 0 Å². The monoisotopic (exact) mass is 266 g/mol. The molecule has 0 spiro atoms. The van der Waals surface area contributed by atoms with Crippen LogP contribution in [0, 0.1) is 0 Å². The number of nitrogens with one attached hydrogen (secondary N) is 1. The molecular formula is C7H11BrN2O4.